The normalized spacial score (nSPS) is 15.8. The van der Waals surface area contributed by atoms with Crippen LogP contribution in [0.1, 0.15) is 44.6 Å². The predicted octanol–water partition coefficient (Wildman–Crippen LogP) is 6.37. The van der Waals surface area contributed by atoms with Crippen LogP contribution in [0.2, 0.25) is 0 Å². The van der Waals surface area contributed by atoms with Gasteiger partial charge in [-0.25, -0.2) is 9.07 Å². The average Bonchev–Trinajstić information content (AvgIpc) is 3.54. The predicted molar refractivity (Wildman–Crippen MR) is 147 cm³/mol. The van der Waals surface area contributed by atoms with Crippen LogP contribution in [-0.2, 0) is 0 Å². The molecule has 2 fully saturated rings. The van der Waals surface area contributed by atoms with Gasteiger partial charge in [0.25, 0.3) is 0 Å². The van der Waals surface area contributed by atoms with Gasteiger partial charge in [0.15, 0.2) is 0 Å². The van der Waals surface area contributed by atoms with Gasteiger partial charge in [-0.2, -0.15) is 10.4 Å². The fourth-order valence-electron chi connectivity index (χ4n) is 4.75. The molecular formula is C28H29N7S. The summed E-state index contributed by atoms with van der Waals surface area (Å²) in [5.41, 5.74) is 5.35. The molecule has 0 unspecified atom stereocenters. The lowest BCUT2D eigenvalue weighted by Gasteiger charge is -2.41. The number of anilines is 3. The van der Waals surface area contributed by atoms with E-state index >= 15 is 0 Å². The maximum Gasteiger partial charge on any atom is 0.130 e. The Kier molecular flexibility index (Phi) is 6.02. The molecule has 7 nitrogen and oxygen atoms in total. The van der Waals surface area contributed by atoms with Crippen molar-refractivity contribution < 1.29 is 0 Å². The summed E-state index contributed by atoms with van der Waals surface area (Å²) in [6.07, 6.45) is 10.9. The number of benzene rings is 1. The number of hydrogen-bond acceptors (Lipinski definition) is 7. The molecule has 8 heteroatoms. The minimum Gasteiger partial charge on any atom is -0.370 e. The Balaban J connectivity index is 1.27. The standard InChI is InChI=1S/C28H29N7S/c1-18(2)23-5-6-27(34-15-19(16-34)7-9-29)25-14-31-28(12-24(23)25)33-21-8-10-30-26(11-21)20-13-32-35(17-20)36-22-3-4-22/h5-6,8,10-14,17-19,22H,3-4,7,15-16H2,1-2H3,(H,30,31,33). The first-order chi connectivity index (χ1) is 17.6. The second kappa shape index (κ2) is 9.47. The summed E-state index contributed by atoms with van der Waals surface area (Å²) in [7, 11) is 0. The number of pyridine rings is 2. The molecule has 1 aliphatic heterocycles. The molecule has 1 aromatic carbocycles. The molecule has 1 saturated carbocycles. The van der Waals surface area contributed by atoms with Gasteiger partial charge >= 0.3 is 0 Å². The van der Waals surface area contributed by atoms with E-state index in [1.807, 2.05) is 34.8 Å². The Morgan fingerprint density at radius 2 is 1.97 bits per heavy atom. The second-order valence-electron chi connectivity index (χ2n) is 10.1. The second-order valence-corrected chi connectivity index (χ2v) is 11.3. The lowest BCUT2D eigenvalue weighted by atomic mass is 9.92. The summed E-state index contributed by atoms with van der Waals surface area (Å²) < 4.78 is 1.95. The number of hydrogen-bond donors (Lipinski definition) is 1. The summed E-state index contributed by atoms with van der Waals surface area (Å²) in [6.45, 7) is 6.31. The van der Waals surface area contributed by atoms with E-state index in [-0.39, 0.29) is 0 Å². The van der Waals surface area contributed by atoms with Crippen molar-refractivity contribution in [2.45, 2.75) is 44.3 Å². The molecule has 0 spiro atoms. The van der Waals surface area contributed by atoms with Gasteiger partial charge < -0.3 is 10.2 Å². The van der Waals surface area contributed by atoms with Gasteiger partial charge in [0, 0.05) is 71.6 Å². The third kappa shape index (κ3) is 4.63. The molecule has 3 aromatic heterocycles. The molecule has 4 heterocycles. The van der Waals surface area contributed by atoms with Gasteiger partial charge in [0.1, 0.15) is 5.82 Å². The molecule has 0 radical (unpaired) electrons. The van der Waals surface area contributed by atoms with Crippen LogP contribution in [0.25, 0.3) is 22.0 Å². The summed E-state index contributed by atoms with van der Waals surface area (Å²) in [5.74, 6) is 1.67. The molecule has 0 atom stereocenters. The molecular weight excluding hydrogens is 466 g/mol. The summed E-state index contributed by atoms with van der Waals surface area (Å²) in [4.78, 5) is 11.7. The molecule has 4 aromatic rings. The minimum absolute atomic E-state index is 0.400. The quantitative estimate of drug-likeness (QED) is 0.304. The summed E-state index contributed by atoms with van der Waals surface area (Å²) >= 11 is 1.78. The number of nitrogens with one attached hydrogen (secondary N) is 1. The highest BCUT2D eigenvalue weighted by molar-refractivity contribution is 7.98. The maximum atomic E-state index is 9.00. The van der Waals surface area contributed by atoms with Gasteiger partial charge in [-0.1, -0.05) is 19.9 Å². The third-order valence-electron chi connectivity index (χ3n) is 6.88. The highest BCUT2D eigenvalue weighted by Gasteiger charge is 2.28. The van der Waals surface area contributed by atoms with Crippen molar-refractivity contribution in [3.05, 3.63) is 60.7 Å². The monoisotopic (exact) mass is 495 g/mol. The Hall–Kier alpha value is -3.57. The largest absolute Gasteiger partial charge is 0.370 e. The smallest absolute Gasteiger partial charge is 0.130 e. The molecule has 2 aliphatic rings. The lowest BCUT2D eigenvalue weighted by molar-refractivity contribution is 0.419. The van der Waals surface area contributed by atoms with E-state index in [9.17, 15) is 0 Å². The van der Waals surface area contributed by atoms with E-state index in [1.165, 1.54) is 29.5 Å². The van der Waals surface area contributed by atoms with E-state index in [1.54, 1.807) is 11.9 Å². The number of aromatic nitrogens is 4. The fraction of sp³-hybridized carbons (Fsp3) is 0.357. The van der Waals surface area contributed by atoms with Crippen molar-refractivity contribution in [3.63, 3.8) is 0 Å². The van der Waals surface area contributed by atoms with Gasteiger partial charge in [-0.3, -0.25) is 4.98 Å². The minimum atomic E-state index is 0.400. The van der Waals surface area contributed by atoms with E-state index < -0.39 is 0 Å². The number of fused-ring (bicyclic) bond motifs is 1. The lowest BCUT2D eigenvalue weighted by Crippen LogP contribution is -2.46. The van der Waals surface area contributed by atoms with Crippen LogP contribution in [0.5, 0.6) is 0 Å². The van der Waals surface area contributed by atoms with Crippen LogP contribution < -0.4 is 10.2 Å². The first-order valence-corrected chi connectivity index (χ1v) is 13.4. The van der Waals surface area contributed by atoms with Crippen molar-refractivity contribution in [1.82, 2.24) is 19.2 Å². The van der Waals surface area contributed by atoms with E-state index in [4.69, 9.17) is 10.2 Å². The zero-order valence-corrected chi connectivity index (χ0v) is 21.4. The average molecular weight is 496 g/mol. The zero-order valence-electron chi connectivity index (χ0n) is 20.6. The van der Waals surface area contributed by atoms with Crippen LogP contribution in [0, 0.1) is 17.2 Å². The summed E-state index contributed by atoms with van der Waals surface area (Å²) in [5, 5.41) is 20.1. The van der Waals surface area contributed by atoms with E-state index in [0.29, 0.717) is 23.5 Å². The number of nitrogens with zero attached hydrogens (tertiary/aromatic N) is 6. The first kappa shape index (κ1) is 22.9. The molecule has 182 valence electrons. The Labute approximate surface area is 215 Å². The fourth-order valence-corrected chi connectivity index (χ4v) is 5.68. The molecule has 6 rings (SSSR count). The van der Waals surface area contributed by atoms with Crippen molar-refractivity contribution in [3.8, 4) is 17.3 Å². The van der Waals surface area contributed by atoms with Crippen molar-refractivity contribution >= 4 is 39.9 Å². The van der Waals surface area contributed by atoms with Crippen LogP contribution in [0.15, 0.2) is 55.1 Å². The molecule has 36 heavy (non-hydrogen) atoms. The van der Waals surface area contributed by atoms with Crippen LogP contribution >= 0.6 is 11.9 Å². The molecule has 1 aliphatic carbocycles. The number of rotatable bonds is 8. The topological polar surface area (TPSA) is 82.7 Å². The highest BCUT2D eigenvalue weighted by atomic mass is 32.2. The van der Waals surface area contributed by atoms with Crippen LogP contribution in [0.4, 0.5) is 17.2 Å². The first-order valence-electron chi connectivity index (χ1n) is 12.6. The number of nitriles is 1. The Bertz CT molecular complexity index is 1440. The van der Waals surface area contributed by atoms with Crippen molar-refractivity contribution in [2.75, 3.05) is 23.3 Å². The molecule has 1 saturated heterocycles. The molecule has 0 bridgehead atoms. The van der Waals surface area contributed by atoms with Gasteiger partial charge in [0.05, 0.1) is 18.0 Å². The third-order valence-corrected chi connectivity index (χ3v) is 8.07. The summed E-state index contributed by atoms with van der Waals surface area (Å²) in [6, 6.07) is 12.9. The molecule has 1 N–H and O–H groups in total. The maximum absolute atomic E-state index is 9.00. The SMILES string of the molecule is CC(C)c1ccc(N2CC(CC#N)C2)c2cnc(Nc3ccnc(-c4cnn(SC5CC5)c4)c3)cc12. The highest BCUT2D eigenvalue weighted by Crippen LogP contribution is 2.38. The Morgan fingerprint density at radius 3 is 2.75 bits per heavy atom. The van der Waals surface area contributed by atoms with E-state index in [0.717, 1.165) is 41.2 Å². The van der Waals surface area contributed by atoms with Gasteiger partial charge in [-0.05, 0) is 65.9 Å². The van der Waals surface area contributed by atoms with Gasteiger partial charge in [0.2, 0.25) is 0 Å². The van der Waals surface area contributed by atoms with Crippen molar-refractivity contribution in [2.24, 2.45) is 5.92 Å². The Morgan fingerprint density at radius 1 is 1.11 bits per heavy atom. The zero-order chi connectivity index (χ0) is 24.6. The van der Waals surface area contributed by atoms with Crippen LogP contribution in [-0.4, -0.2) is 37.5 Å². The molecule has 0 amide bonds. The van der Waals surface area contributed by atoms with E-state index in [2.05, 4.69) is 64.6 Å². The van der Waals surface area contributed by atoms with Crippen LogP contribution in [0.3, 0.4) is 0 Å². The van der Waals surface area contributed by atoms with Crippen molar-refractivity contribution in [1.29, 1.82) is 5.26 Å². The van der Waals surface area contributed by atoms with Gasteiger partial charge in [-0.15, -0.1) is 0 Å².